The molecule has 0 saturated heterocycles. The van der Waals surface area contributed by atoms with Crippen LogP contribution in [0.25, 0.3) is 0 Å². The third kappa shape index (κ3) is 3.00. The molecule has 5 heteroatoms. The summed E-state index contributed by atoms with van der Waals surface area (Å²) in [5.41, 5.74) is 0.874. The van der Waals surface area contributed by atoms with Crippen LogP contribution in [0.15, 0.2) is 18.2 Å². The van der Waals surface area contributed by atoms with Crippen molar-refractivity contribution in [2.24, 2.45) is 0 Å². The lowest BCUT2D eigenvalue weighted by atomic mass is 10.3. The quantitative estimate of drug-likeness (QED) is 0.815. The van der Waals surface area contributed by atoms with Crippen LogP contribution in [0.2, 0.25) is 5.02 Å². The minimum Gasteiger partial charge on any atom is -0.495 e. The van der Waals surface area contributed by atoms with Gasteiger partial charge in [-0.15, -0.1) is 0 Å². The summed E-state index contributed by atoms with van der Waals surface area (Å²) in [6.45, 7) is 0. The number of thiocarbonyl (C=S) groups is 1. The molecule has 1 aliphatic rings. The van der Waals surface area contributed by atoms with Crippen LogP contribution in [0, 0.1) is 0 Å². The molecular formula is C11H13ClN2OS. The summed E-state index contributed by atoms with van der Waals surface area (Å²) in [4.78, 5) is 0. The number of hydrogen-bond donors (Lipinski definition) is 2. The predicted octanol–water partition coefficient (Wildman–Crippen LogP) is 2.80. The zero-order valence-corrected chi connectivity index (χ0v) is 10.5. The Kier molecular flexibility index (Phi) is 3.51. The summed E-state index contributed by atoms with van der Waals surface area (Å²) in [6.07, 6.45) is 2.40. The summed E-state index contributed by atoms with van der Waals surface area (Å²) < 4.78 is 5.13. The van der Waals surface area contributed by atoms with Crippen molar-refractivity contribution in [2.75, 3.05) is 12.4 Å². The zero-order valence-electron chi connectivity index (χ0n) is 8.92. The van der Waals surface area contributed by atoms with Crippen LogP contribution < -0.4 is 15.4 Å². The van der Waals surface area contributed by atoms with E-state index < -0.39 is 0 Å². The molecule has 0 amide bonds. The lowest BCUT2D eigenvalue weighted by molar-refractivity contribution is 0.415. The van der Waals surface area contributed by atoms with Crippen LogP contribution in [-0.2, 0) is 0 Å². The Morgan fingerprint density at radius 1 is 1.50 bits per heavy atom. The molecule has 3 nitrogen and oxygen atoms in total. The highest BCUT2D eigenvalue weighted by Gasteiger charge is 2.21. The molecule has 0 atom stereocenters. The maximum atomic E-state index is 5.93. The predicted molar refractivity (Wildman–Crippen MR) is 70.4 cm³/mol. The number of anilines is 1. The van der Waals surface area contributed by atoms with Crippen molar-refractivity contribution in [3.05, 3.63) is 23.2 Å². The monoisotopic (exact) mass is 256 g/mol. The fourth-order valence-electron chi connectivity index (χ4n) is 1.32. The zero-order chi connectivity index (χ0) is 11.5. The molecule has 0 spiro atoms. The van der Waals surface area contributed by atoms with E-state index in [-0.39, 0.29) is 0 Å². The Balaban J connectivity index is 1.99. The normalized spacial score (nSPS) is 14.4. The molecule has 1 saturated carbocycles. The highest BCUT2D eigenvalue weighted by Crippen LogP contribution is 2.27. The lowest BCUT2D eigenvalue weighted by Gasteiger charge is -2.11. The summed E-state index contributed by atoms with van der Waals surface area (Å²) in [6, 6.07) is 6.02. The second-order valence-corrected chi connectivity index (χ2v) is 4.54. The first-order valence-electron chi connectivity index (χ1n) is 5.10. The molecule has 86 valence electrons. The van der Waals surface area contributed by atoms with E-state index in [2.05, 4.69) is 10.6 Å². The number of methoxy groups -OCH3 is 1. The highest BCUT2D eigenvalue weighted by atomic mass is 35.5. The molecule has 2 rings (SSSR count). The molecule has 2 N–H and O–H groups in total. The van der Waals surface area contributed by atoms with Gasteiger partial charge in [0.15, 0.2) is 5.11 Å². The summed E-state index contributed by atoms with van der Waals surface area (Å²) in [7, 11) is 1.59. The van der Waals surface area contributed by atoms with Crippen molar-refractivity contribution in [3.8, 4) is 5.75 Å². The fourth-order valence-corrected chi connectivity index (χ4v) is 1.80. The van der Waals surface area contributed by atoms with Gasteiger partial charge >= 0.3 is 0 Å². The van der Waals surface area contributed by atoms with E-state index >= 15 is 0 Å². The van der Waals surface area contributed by atoms with Gasteiger partial charge in [-0.1, -0.05) is 11.6 Å². The van der Waals surface area contributed by atoms with Crippen molar-refractivity contribution >= 4 is 34.6 Å². The first-order valence-corrected chi connectivity index (χ1v) is 5.88. The molecule has 1 aromatic rings. The molecule has 1 aromatic carbocycles. The van der Waals surface area contributed by atoms with Crippen LogP contribution in [0.5, 0.6) is 5.75 Å². The highest BCUT2D eigenvalue weighted by molar-refractivity contribution is 7.80. The van der Waals surface area contributed by atoms with Gasteiger partial charge in [-0.2, -0.15) is 0 Å². The summed E-state index contributed by atoms with van der Waals surface area (Å²) >= 11 is 11.1. The van der Waals surface area contributed by atoms with Crippen molar-refractivity contribution in [3.63, 3.8) is 0 Å². The average Bonchev–Trinajstić information content (AvgIpc) is 3.04. The SMILES string of the molecule is COc1cc(NC(=S)NC2CC2)ccc1Cl. The molecule has 1 aliphatic carbocycles. The molecule has 1 fully saturated rings. The average molecular weight is 257 g/mol. The maximum absolute atomic E-state index is 5.93. The minimum atomic E-state index is 0.550. The van der Waals surface area contributed by atoms with Gasteiger partial charge in [-0.3, -0.25) is 0 Å². The molecule has 0 unspecified atom stereocenters. The second kappa shape index (κ2) is 4.89. The number of halogens is 1. The number of benzene rings is 1. The maximum Gasteiger partial charge on any atom is 0.170 e. The summed E-state index contributed by atoms with van der Waals surface area (Å²) in [5.74, 6) is 0.640. The van der Waals surface area contributed by atoms with Gasteiger partial charge in [0, 0.05) is 17.8 Å². The Bertz CT molecular complexity index is 407. The molecule has 0 radical (unpaired) electrons. The fraction of sp³-hybridized carbons (Fsp3) is 0.364. The van der Waals surface area contributed by atoms with Crippen molar-refractivity contribution in [2.45, 2.75) is 18.9 Å². The Labute approximate surface area is 105 Å². The summed E-state index contributed by atoms with van der Waals surface area (Å²) in [5, 5.41) is 7.53. The van der Waals surface area contributed by atoms with E-state index in [1.54, 1.807) is 13.2 Å². The largest absolute Gasteiger partial charge is 0.495 e. The standard InChI is InChI=1S/C11H13ClN2OS/c1-15-10-6-8(4-5-9(10)12)14-11(16)13-7-2-3-7/h4-7H,2-3H2,1H3,(H2,13,14,16). The van der Waals surface area contributed by atoms with E-state index in [1.807, 2.05) is 12.1 Å². The third-order valence-corrected chi connectivity index (χ3v) is 2.85. The van der Waals surface area contributed by atoms with Gasteiger partial charge in [0.1, 0.15) is 5.75 Å². The third-order valence-electron chi connectivity index (χ3n) is 2.32. The van der Waals surface area contributed by atoms with E-state index in [1.165, 1.54) is 12.8 Å². The lowest BCUT2D eigenvalue weighted by Crippen LogP contribution is -2.30. The van der Waals surface area contributed by atoms with Gasteiger partial charge in [-0.05, 0) is 37.2 Å². The van der Waals surface area contributed by atoms with Gasteiger partial charge in [-0.25, -0.2) is 0 Å². The second-order valence-electron chi connectivity index (χ2n) is 3.72. The Morgan fingerprint density at radius 2 is 2.25 bits per heavy atom. The minimum absolute atomic E-state index is 0.550. The van der Waals surface area contributed by atoms with Gasteiger partial charge in [0.2, 0.25) is 0 Å². The van der Waals surface area contributed by atoms with E-state index in [9.17, 15) is 0 Å². The molecule has 0 aromatic heterocycles. The van der Waals surface area contributed by atoms with Crippen LogP contribution >= 0.6 is 23.8 Å². The van der Waals surface area contributed by atoms with E-state index in [0.717, 1.165) is 5.69 Å². The van der Waals surface area contributed by atoms with Gasteiger partial charge < -0.3 is 15.4 Å². The van der Waals surface area contributed by atoms with Gasteiger partial charge in [0.25, 0.3) is 0 Å². The van der Waals surface area contributed by atoms with Crippen molar-refractivity contribution in [1.82, 2.24) is 5.32 Å². The number of ether oxygens (including phenoxy) is 1. The molecular weight excluding hydrogens is 244 g/mol. The first kappa shape index (κ1) is 11.5. The van der Waals surface area contributed by atoms with Crippen molar-refractivity contribution in [1.29, 1.82) is 0 Å². The molecule has 0 heterocycles. The number of nitrogens with one attached hydrogen (secondary N) is 2. The van der Waals surface area contributed by atoms with Crippen LogP contribution in [-0.4, -0.2) is 18.3 Å². The van der Waals surface area contributed by atoms with Crippen LogP contribution in [0.3, 0.4) is 0 Å². The number of hydrogen-bond acceptors (Lipinski definition) is 2. The smallest absolute Gasteiger partial charge is 0.170 e. The van der Waals surface area contributed by atoms with E-state index in [4.69, 9.17) is 28.6 Å². The van der Waals surface area contributed by atoms with Crippen LogP contribution in [0.4, 0.5) is 5.69 Å². The Morgan fingerprint density at radius 3 is 2.88 bits per heavy atom. The topological polar surface area (TPSA) is 33.3 Å². The molecule has 0 aliphatic heterocycles. The first-order chi connectivity index (χ1) is 7.69. The Hall–Kier alpha value is -1.00. The van der Waals surface area contributed by atoms with Gasteiger partial charge in [0.05, 0.1) is 12.1 Å². The number of rotatable bonds is 3. The van der Waals surface area contributed by atoms with Crippen LogP contribution in [0.1, 0.15) is 12.8 Å². The molecule has 0 bridgehead atoms. The van der Waals surface area contributed by atoms with Crippen molar-refractivity contribution < 1.29 is 4.74 Å². The molecule has 16 heavy (non-hydrogen) atoms. The van der Waals surface area contributed by atoms with E-state index in [0.29, 0.717) is 21.9 Å².